The van der Waals surface area contributed by atoms with Crippen molar-refractivity contribution in [2.75, 3.05) is 19.0 Å². The Labute approximate surface area is 155 Å². The number of halogens is 5. The summed E-state index contributed by atoms with van der Waals surface area (Å²) in [6.07, 6.45) is -4.82. The fraction of sp³-hybridized carbons (Fsp3) is 0.353. The summed E-state index contributed by atoms with van der Waals surface area (Å²) >= 11 is 0. The normalized spacial score (nSPS) is 13.1. The molecule has 6 nitrogen and oxygen atoms in total. The maximum Gasteiger partial charge on any atom is 0.419 e. The van der Waals surface area contributed by atoms with Gasteiger partial charge in [0, 0.05) is 14.1 Å². The molecule has 2 heterocycles. The average molecular weight is 401 g/mol. The minimum Gasteiger partial charge on any atom is -0.348 e. The maximum atomic E-state index is 14.0. The lowest BCUT2D eigenvalue weighted by Crippen LogP contribution is -2.20. The molecule has 1 N–H and O–H groups in total. The smallest absolute Gasteiger partial charge is 0.348 e. The summed E-state index contributed by atoms with van der Waals surface area (Å²) in [7, 11) is 3.27. The predicted octanol–water partition coefficient (Wildman–Crippen LogP) is 3.42. The number of benzene rings is 1. The topological polar surface area (TPSA) is 66.8 Å². The number of rotatable bonds is 4. The van der Waals surface area contributed by atoms with Gasteiger partial charge in [-0.2, -0.15) is 23.3 Å². The van der Waals surface area contributed by atoms with E-state index in [0.29, 0.717) is 6.07 Å². The molecular formula is C17H16F5N5O. The maximum absolute atomic E-state index is 14.0. The Balaban J connectivity index is 2.18. The van der Waals surface area contributed by atoms with Crippen LogP contribution in [0.15, 0.2) is 23.0 Å². The summed E-state index contributed by atoms with van der Waals surface area (Å²) in [4.78, 5) is 20.6. The second-order valence-corrected chi connectivity index (χ2v) is 6.42. The molecule has 0 amide bonds. The van der Waals surface area contributed by atoms with Gasteiger partial charge in [0.15, 0.2) is 5.65 Å². The molecule has 0 spiro atoms. The molecule has 2 aromatic heterocycles. The van der Waals surface area contributed by atoms with Crippen molar-refractivity contribution in [3.63, 3.8) is 0 Å². The van der Waals surface area contributed by atoms with E-state index in [1.54, 1.807) is 14.1 Å². The van der Waals surface area contributed by atoms with Gasteiger partial charge >= 0.3 is 6.18 Å². The zero-order valence-corrected chi connectivity index (χ0v) is 15.1. The van der Waals surface area contributed by atoms with Gasteiger partial charge in [0.05, 0.1) is 11.6 Å². The first-order chi connectivity index (χ1) is 13.0. The lowest BCUT2D eigenvalue weighted by Gasteiger charge is -2.16. The van der Waals surface area contributed by atoms with Gasteiger partial charge < -0.3 is 4.90 Å². The van der Waals surface area contributed by atoms with Crippen LogP contribution in [0.1, 0.15) is 29.8 Å². The van der Waals surface area contributed by atoms with Gasteiger partial charge in [-0.05, 0) is 24.6 Å². The first-order valence-electron chi connectivity index (χ1n) is 8.16. The highest BCUT2D eigenvalue weighted by atomic mass is 19.4. The third-order valence-corrected chi connectivity index (χ3v) is 4.32. The molecule has 0 fully saturated rings. The van der Waals surface area contributed by atoms with Crippen LogP contribution in [0.3, 0.4) is 0 Å². The molecule has 3 rings (SSSR count). The molecule has 0 aliphatic carbocycles. The molecule has 0 saturated carbocycles. The van der Waals surface area contributed by atoms with E-state index >= 15 is 0 Å². The van der Waals surface area contributed by atoms with Crippen molar-refractivity contribution in [2.45, 2.75) is 25.8 Å². The molecule has 0 aliphatic rings. The number of anilines is 1. The Morgan fingerprint density at radius 3 is 2.50 bits per heavy atom. The summed E-state index contributed by atoms with van der Waals surface area (Å²) in [5.74, 6) is -1.24. The van der Waals surface area contributed by atoms with Gasteiger partial charge in [-0.1, -0.05) is 6.07 Å². The molecule has 1 atom stereocenters. The van der Waals surface area contributed by atoms with Crippen LogP contribution in [0, 0.1) is 5.82 Å². The third kappa shape index (κ3) is 3.32. The van der Waals surface area contributed by atoms with E-state index < -0.39 is 35.8 Å². The zero-order valence-electron chi connectivity index (χ0n) is 15.1. The van der Waals surface area contributed by atoms with Crippen molar-refractivity contribution in [1.82, 2.24) is 19.7 Å². The van der Waals surface area contributed by atoms with Gasteiger partial charge in [-0.25, -0.2) is 13.5 Å². The van der Waals surface area contributed by atoms with Crippen molar-refractivity contribution in [3.8, 4) is 0 Å². The summed E-state index contributed by atoms with van der Waals surface area (Å²) in [6, 6.07) is 1.69. The molecule has 0 bridgehead atoms. The number of hydrogen-bond acceptors (Lipinski definition) is 4. The van der Waals surface area contributed by atoms with Gasteiger partial charge in [-0.15, -0.1) is 0 Å². The SMILES string of the molecule is C[C@H](c1ccc(C(F)(F)F)c(F)c1)n1nc(CF)c2c(=O)[nH]c(N(C)C)nc21. The first kappa shape index (κ1) is 19.8. The fourth-order valence-electron chi connectivity index (χ4n) is 2.84. The predicted molar refractivity (Wildman–Crippen MR) is 92.5 cm³/mol. The van der Waals surface area contributed by atoms with Gasteiger partial charge in [0.1, 0.15) is 23.6 Å². The minimum atomic E-state index is -4.82. The highest BCUT2D eigenvalue weighted by Gasteiger charge is 2.34. The van der Waals surface area contributed by atoms with Crippen LogP contribution in [-0.2, 0) is 12.9 Å². The number of fused-ring (bicyclic) bond motifs is 1. The second-order valence-electron chi connectivity index (χ2n) is 6.42. The number of nitrogens with zero attached hydrogens (tertiary/aromatic N) is 4. The van der Waals surface area contributed by atoms with Crippen LogP contribution in [0.4, 0.5) is 27.9 Å². The molecule has 0 radical (unpaired) electrons. The van der Waals surface area contributed by atoms with Crippen LogP contribution in [0.5, 0.6) is 0 Å². The summed E-state index contributed by atoms with van der Waals surface area (Å²) in [6.45, 7) is 0.498. The quantitative estimate of drug-likeness (QED) is 0.681. The van der Waals surface area contributed by atoms with Crippen molar-refractivity contribution in [2.24, 2.45) is 0 Å². The molecule has 3 aromatic rings. The summed E-state index contributed by atoms with van der Waals surface area (Å²) in [5, 5.41) is 3.98. The van der Waals surface area contributed by atoms with E-state index in [1.165, 1.54) is 16.5 Å². The van der Waals surface area contributed by atoms with Gasteiger partial charge in [0.25, 0.3) is 5.56 Å². The molecule has 0 aliphatic heterocycles. The number of nitrogens with one attached hydrogen (secondary N) is 1. The van der Waals surface area contributed by atoms with E-state index in [0.717, 1.165) is 12.1 Å². The Hall–Kier alpha value is -2.98. The van der Waals surface area contributed by atoms with Crippen LogP contribution in [0.2, 0.25) is 0 Å². The third-order valence-electron chi connectivity index (χ3n) is 4.32. The molecular weight excluding hydrogens is 385 g/mol. The van der Waals surface area contributed by atoms with Crippen LogP contribution >= 0.6 is 0 Å². The van der Waals surface area contributed by atoms with Crippen LogP contribution in [0.25, 0.3) is 11.0 Å². The standard InChI is InChI=1S/C17H16F5N5O/c1-8(9-4-5-10(11(19)6-9)17(20,21)22)27-14-13(12(7-18)25-27)15(28)24-16(23-14)26(2)3/h4-6,8H,7H2,1-3H3,(H,23,24,28)/t8-/m1/s1. The first-order valence-corrected chi connectivity index (χ1v) is 8.16. The molecule has 150 valence electrons. The Morgan fingerprint density at radius 2 is 1.96 bits per heavy atom. The van der Waals surface area contributed by atoms with Crippen molar-refractivity contribution >= 4 is 17.0 Å². The number of hydrogen-bond donors (Lipinski definition) is 1. The van der Waals surface area contributed by atoms with E-state index in [1.807, 2.05) is 0 Å². The van der Waals surface area contributed by atoms with Gasteiger partial charge in [0.2, 0.25) is 5.95 Å². The zero-order chi connectivity index (χ0) is 20.8. The molecule has 0 saturated heterocycles. The number of aromatic amines is 1. The number of aromatic nitrogens is 4. The Bertz CT molecular complexity index is 1090. The Kier molecular flexibility index (Phi) is 4.86. The molecule has 1 aromatic carbocycles. The van der Waals surface area contributed by atoms with Gasteiger partial charge in [-0.3, -0.25) is 9.78 Å². The molecule has 0 unspecified atom stereocenters. The Morgan fingerprint density at radius 1 is 1.29 bits per heavy atom. The highest BCUT2D eigenvalue weighted by molar-refractivity contribution is 5.78. The highest BCUT2D eigenvalue weighted by Crippen LogP contribution is 2.33. The summed E-state index contributed by atoms with van der Waals surface area (Å²) in [5.41, 5.74) is -1.93. The van der Waals surface area contributed by atoms with Crippen LogP contribution < -0.4 is 10.5 Å². The second kappa shape index (κ2) is 6.88. The largest absolute Gasteiger partial charge is 0.419 e. The van der Waals surface area contributed by atoms with Crippen molar-refractivity contribution in [3.05, 3.63) is 51.2 Å². The molecule has 28 heavy (non-hydrogen) atoms. The van der Waals surface area contributed by atoms with E-state index in [-0.39, 0.29) is 28.2 Å². The lowest BCUT2D eigenvalue weighted by molar-refractivity contribution is -0.140. The minimum absolute atomic E-state index is 0.0490. The van der Waals surface area contributed by atoms with E-state index in [2.05, 4.69) is 15.1 Å². The summed E-state index contributed by atoms with van der Waals surface area (Å²) < 4.78 is 66.9. The van der Waals surface area contributed by atoms with E-state index in [4.69, 9.17) is 0 Å². The lowest BCUT2D eigenvalue weighted by atomic mass is 10.1. The van der Waals surface area contributed by atoms with Crippen molar-refractivity contribution < 1.29 is 22.0 Å². The average Bonchev–Trinajstić information content (AvgIpc) is 2.99. The van der Waals surface area contributed by atoms with Crippen molar-refractivity contribution in [1.29, 1.82) is 0 Å². The monoisotopic (exact) mass is 401 g/mol. The number of H-pyrrole nitrogens is 1. The van der Waals surface area contributed by atoms with E-state index in [9.17, 15) is 26.7 Å². The molecule has 11 heteroatoms. The number of alkyl halides is 4. The fourth-order valence-corrected chi connectivity index (χ4v) is 2.84. The van der Waals surface area contributed by atoms with Crippen LogP contribution in [-0.4, -0.2) is 33.8 Å².